The second-order valence-electron chi connectivity index (χ2n) is 4.36. The molecule has 104 valence electrons. The number of thioether (sulfide) groups is 1. The van der Waals surface area contributed by atoms with Gasteiger partial charge in [0.15, 0.2) is 5.78 Å². The first-order chi connectivity index (χ1) is 9.61. The Kier molecular flexibility index (Phi) is 5.21. The molecule has 0 saturated heterocycles. The summed E-state index contributed by atoms with van der Waals surface area (Å²) >= 11 is 7.36. The summed E-state index contributed by atoms with van der Waals surface area (Å²) in [6.45, 7) is 0. The lowest BCUT2D eigenvalue weighted by molar-refractivity contribution is 0.0982. The number of halogens is 2. The molecule has 0 amide bonds. The molecular formula is C16H14ClFOS. The van der Waals surface area contributed by atoms with Crippen LogP contribution >= 0.6 is 23.4 Å². The third-order valence-electron chi connectivity index (χ3n) is 3.06. The Morgan fingerprint density at radius 1 is 1.25 bits per heavy atom. The number of carbonyl (C=O) groups excluding carboxylic acids is 1. The van der Waals surface area contributed by atoms with Crippen LogP contribution in [0.5, 0.6) is 0 Å². The first-order valence-corrected chi connectivity index (χ1v) is 7.82. The van der Waals surface area contributed by atoms with Crippen LogP contribution in [0, 0.1) is 5.82 Å². The number of benzene rings is 2. The van der Waals surface area contributed by atoms with E-state index in [1.807, 2.05) is 30.5 Å². The van der Waals surface area contributed by atoms with E-state index in [1.165, 1.54) is 23.1 Å². The number of hydrogen-bond donors (Lipinski definition) is 0. The van der Waals surface area contributed by atoms with E-state index in [1.54, 1.807) is 11.8 Å². The first kappa shape index (κ1) is 15.1. The molecule has 20 heavy (non-hydrogen) atoms. The third-order valence-corrected chi connectivity index (χ3v) is 4.18. The van der Waals surface area contributed by atoms with E-state index in [9.17, 15) is 9.18 Å². The highest BCUT2D eigenvalue weighted by Gasteiger charge is 2.10. The number of hydrogen-bond acceptors (Lipinski definition) is 2. The second-order valence-corrected chi connectivity index (χ2v) is 5.62. The Hall–Kier alpha value is -1.32. The normalized spacial score (nSPS) is 10.6. The van der Waals surface area contributed by atoms with Gasteiger partial charge in [-0.1, -0.05) is 29.8 Å². The Balaban J connectivity index is 2.06. The largest absolute Gasteiger partial charge is 0.294 e. The van der Waals surface area contributed by atoms with Crippen LogP contribution < -0.4 is 0 Å². The van der Waals surface area contributed by atoms with Gasteiger partial charge >= 0.3 is 0 Å². The summed E-state index contributed by atoms with van der Waals surface area (Å²) in [7, 11) is 0. The fraction of sp³-hybridized carbons (Fsp3) is 0.188. The molecule has 0 aliphatic heterocycles. The van der Waals surface area contributed by atoms with E-state index in [0.29, 0.717) is 18.4 Å². The highest BCUT2D eigenvalue weighted by molar-refractivity contribution is 7.98. The van der Waals surface area contributed by atoms with E-state index in [4.69, 9.17) is 11.6 Å². The maximum Gasteiger partial charge on any atom is 0.163 e. The quantitative estimate of drug-likeness (QED) is 0.570. The summed E-state index contributed by atoms with van der Waals surface area (Å²) in [5.41, 5.74) is 1.61. The van der Waals surface area contributed by atoms with Crippen molar-refractivity contribution >= 4 is 29.1 Å². The van der Waals surface area contributed by atoms with Crippen molar-refractivity contribution < 1.29 is 9.18 Å². The average molecular weight is 309 g/mol. The highest BCUT2D eigenvalue weighted by Crippen LogP contribution is 2.22. The summed E-state index contributed by atoms with van der Waals surface area (Å²) < 4.78 is 13.1. The van der Waals surface area contributed by atoms with Crippen LogP contribution in [0.3, 0.4) is 0 Å². The zero-order chi connectivity index (χ0) is 14.5. The molecule has 0 heterocycles. The summed E-state index contributed by atoms with van der Waals surface area (Å²) in [5.74, 6) is -0.529. The van der Waals surface area contributed by atoms with Gasteiger partial charge in [-0.3, -0.25) is 4.79 Å². The van der Waals surface area contributed by atoms with Crippen LogP contribution in [-0.2, 0) is 6.42 Å². The van der Waals surface area contributed by atoms with Gasteiger partial charge in [-0.05, 0) is 42.5 Å². The molecule has 0 aliphatic rings. The Morgan fingerprint density at radius 3 is 2.70 bits per heavy atom. The zero-order valence-electron chi connectivity index (χ0n) is 11.0. The SMILES string of the molecule is CSc1ccccc1CCC(=O)c1ccc(F)c(Cl)c1. The van der Waals surface area contributed by atoms with Crippen molar-refractivity contribution in [3.05, 3.63) is 64.4 Å². The van der Waals surface area contributed by atoms with Crippen LogP contribution in [0.15, 0.2) is 47.4 Å². The Bertz CT molecular complexity index is 628. The standard InChI is InChI=1S/C16H14ClFOS/c1-20-16-5-3-2-4-11(16)7-9-15(19)12-6-8-14(18)13(17)10-12/h2-6,8,10H,7,9H2,1H3. The average Bonchev–Trinajstić information content (AvgIpc) is 2.47. The van der Waals surface area contributed by atoms with Crippen molar-refractivity contribution in [3.8, 4) is 0 Å². The van der Waals surface area contributed by atoms with Gasteiger partial charge in [0.25, 0.3) is 0 Å². The maximum absolute atomic E-state index is 13.1. The number of Topliss-reactive ketones (excluding diaryl/α,β-unsaturated/α-hetero) is 1. The predicted octanol–water partition coefficient (Wildman–Crippen LogP) is 5.02. The van der Waals surface area contributed by atoms with Crippen molar-refractivity contribution in [3.63, 3.8) is 0 Å². The molecule has 0 N–H and O–H groups in total. The Morgan fingerprint density at radius 2 is 2.00 bits per heavy atom. The summed E-state index contributed by atoms with van der Waals surface area (Å²) in [6.07, 6.45) is 3.07. The van der Waals surface area contributed by atoms with Crippen LogP contribution in [-0.4, -0.2) is 12.0 Å². The molecular weight excluding hydrogens is 295 g/mol. The molecule has 1 nitrogen and oxygen atoms in total. The van der Waals surface area contributed by atoms with Crippen LogP contribution in [0.4, 0.5) is 4.39 Å². The Labute approximate surface area is 127 Å². The molecule has 0 aliphatic carbocycles. The molecule has 0 fully saturated rings. The lowest BCUT2D eigenvalue weighted by Crippen LogP contribution is -2.02. The molecule has 0 saturated carbocycles. The van der Waals surface area contributed by atoms with Crippen molar-refractivity contribution in [2.24, 2.45) is 0 Å². The number of carbonyl (C=O) groups is 1. The molecule has 0 radical (unpaired) electrons. The summed E-state index contributed by atoms with van der Waals surface area (Å²) in [6, 6.07) is 12.1. The molecule has 2 aromatic rings. The fourth-order valence-corrected chi connectivity index (χ4v) is 2.80. The molecule has 0 spiro atoms. The van der Waals surface area contributed by atoms with E-state index in [0.717, 1.165) is 5.56 Å². The van der Waals surface area contributed by atoms with Crippen LogP contribution in [0.25, 0.3) is 0 Å². The van der Waals surface area contributed by atoms with Crippen molar-refractivity contribution in [1.29, 1.82) is 0 Å². The van der Waals surface area contributed by atoms with Crippen molar-refractivity contribution in [2.45, 2.75) is 17.7 Å². The smallest absolute Gasteiger partial charge is 0.163 e. The van der Waals surface area contributed by atoms with Crippen LogP contribution in [0.1, 0.15) is 22.3 Å². The lowest BCUT2D eigenvalue weighted by Gasteiger charge is -2.07. The second kappa shape index (κ2) is 6.91. The third kappa shape index (κ3) is 3.62. The van der Waals surface area contributed by atoms with Gasteiger partial charge in [0.1, 0.15) is 5.82 Å². The van der Waals surface area contributed by atoms with E-state index in [-0.39, 0.29) is 10.8 Å². The monoisotopic (exact) mass is 308 g/mol. The molecule has 0 bridgehead atoms. The van der Waals surface area contributed by atoms with Crippen molar-refractivity contribution in [2.75, 3.05) is 6.26 Å². The minimum Gasteiger partial charge on any atom is -0.294 e. The minimum absolute atomic E-state index is 0.0136. The van der Waals surface area contributed by atoms with Gasteiger partial charge in [-0.2, -0.15) is 0 Å². The fourth-order valence-electron chi connectivity index (χ4n) is 1.97. The van der Waals surface area contributed by atoms with Gasteiger partial charge in [0, 0.05) is 16.9 Å². The summed E-state index contributed by atoms with van der Waals surface area (Å²) in [4.78, 5) is 13.3. The van der Waals surface area contributed by atoms with Gasteiger partial charge < -0.3 is 0 Å². The molecule has 0 atom stereocenters. The zero-order valence-corrected chi connectivity index (χ0v) is 12.6. The molecule has 0 aromatic heterocycles. The lowest BCUT2D eigenvalue weighted by atomic mass is 10.0. The molecule has 2 aromatic carbocycles. The van der Waals surface area contributed by atoms with E-state index in [2.05, 4.69) is 0 Å². The van der Waals surface area contributed by atoms with Gasteiger partial charge in [0.05, 0.1) is 5.02 Å². The predicted molar refractivity (Wildman–Crippen MR) is 82.3 cm³/mol. The van der Waals surface area contributed by atoms with E-state index >= 15 is 0 Å². The van der Waals surface area contributed by atoms with Crippen LogP contribution in [0.2, 0.25) is 5.02 Å². The van der Waals surface area contributed by atoms with Gasteiger partial charge in [0.2, 0.25) is 0 Å². The number of rotatable bonds is 5. The maximum atomic E-state index is 13.1. The topological polar surface area (TPSA) is 17.1 Å². The molecule has 0 unspecified atom stereocenters. The number of ketones is 1. The van der Waals surface area contributed by atoms with E-state index < -0.39 is 5.82 Å². The van der Waals surface area contributed by atoms with Gasteiger partial charge in [-0.25, -0.2) is 4.39 Å². The minimum atomic E-state index is -0.504. The molecule has 4 heteroatoms. The number of aryl methyl sites for hydroxylation is 1. The van der Waals surface area contributed by atoms with Crippen molar-refractivity contribution in [1.82, 2.24) is 0 Å². The highest BCUT2D eigenvalue weighted by atomic mass is 35.5. The van der Waals surface area contributed by atoms with Gasteiger partial charge in [-0.15, -0.1) is 11.8 Å². The summed E-state index contributed by atoms with van der Waals surface area (Å²) in [5, 5.41) is -0.0136. The first-order valence-electron chi connectivity index (χ1n) is 6.22. The molecule has 2 rings (SSSR count).